The molecule has 1 N–H and O–H groups in total. The van der Waals surface area contributed by atoms with Crippen molar-refractivity contribution in [1.82, 2.24) is 0 Å². The lowest BCUT2D eigenvalue weighted by Gasteiger charge is -2.20. The summed E-state index contributed by atoms with van der Waals surface area (Å²) in [5.74, 6) is 0. The lowest BCUT2D eigenvalue weighted by molar-refractivity contribution is 0.0271. The highest BCUT2D eigenvalue weighted by Crippen LogP contribution is 2.26. The van der Waals surface area contributed by atoms with Gasteiger partial charge in [0, 0.05) is 24.5 Å². The van der Waals surface area contributed by atoms with Crippen LogP contribution >= 0.6 is 11.6 Å². The highest BCUT2D eigenvalue weighted by Gasteiger charge is 2.32. The second-order valence-electron chi connectivity index (χ2n) is 3.80. The third kappa shape index (κ3) is 2.08. The van der Waals surface area contributed by atoms with Crippen molar-refractivity contribution in [2.24, 2.45) is 0 Å². The van der Waals surface area contributed by atoms with Gasteiger partial charge in [0.2, 0.25) is 0 Å². The number of benzene rings is 1. The summed E-state index contributed by atoms with van der Waals surface area (Å²) in [6.45, 7) is 1.05. The Labute approximate surface area is 88.5 Å². The first kappa shape index (κ1) is 9.97. The van der Waals surface area contributed by atoms with Crippen molar-refractivity contribution in [2.75, 3.05) is 13.2 Å². The lowest BCUT2D eigenvalue weighted by atomic mass is 9.94. The number of aliphatic hydroxyl groups is 1. The van der Waals surface area contributed by atoms with Gasteiger partial charge in [-0.1, -0.05) is 29.8 Å². The second kappa shape index (κ2) is 3.89. The van der Waals surface area contributed by atoms with Gasteiger partial charge in [0.25, 0.3) is 0 Å². The molecule has 2 rings (SSSR count). The maximum absolute atomic E-state index is 10.1. The van der Waals surface area contributed by atoms with Crippen molar-refractivity contribution in [3.05, 3.63) is 34.9 Å². The molecule has 1 aliphatic heterocycles. The van der Waals surface area contributed by atoms with Crippen LogP contribution in [-0.4, -0.2) is 23.9 Å². The molecular formula is C11H13ClO2. The number of ether oxygens (including phenoxy) is 1. The van der Waals surface area contributed by atoms with E-state index in [0.29, 0.717) is 31.1 Å². The van der Waals surface area contributed by atoms with Gasteiger partial charge < -0.3 is 9.84 Å². The van der Waals surface area contributed by atoms with Gasteiger partial charge in [-0.15, -0.1) is 0 Å². The standard InChI is InChI=1S/C11H13ClO2/c12-10-4-2-1-3-9(10)7-11(13)5-6-14-8-11/h1-4,13H,5-8H2. The first-order chi connectivity index (χ1) is 6.70. The van der Waals surface area contributed by atoms with Gasteiger partial charge in [0.05, 0.1) is 12.2 Å². The first-order valence-electron chi connectivity index (χ1n) is 4.73. The number of halogens is 1. The maximum Gasteiger partial charge on any atom is 0.0942 e. The fraction of sp³-hybridized carbons (Fsp3) is 0.455. The quantitative estimate of drug-likeness (QED) is 0.813. The Morgan fingerprint density at radius 2 is 2.21 bits per heavy atom. The van der Waals surface area contributed by atoms with Crippen molar-refractivity contribution in [2.45, 2.75) is 18.4 Å². The maximum atomic E-state index is 10.1. The van der Waals surface area contributed by atoms with E-state index in [9.17, 15) is 5.11 Å². The van der Waals surface area contributed by atoms with Crippen molar-refractivity contribution in [3.8, 4) is 0 Å². The Balaban J connectivity index is 2.14. The summed E-state index contributed by atoms with van der Waals surface area (Å²) in [4.78, 5) is 0. The minimum absolute atomic E-state index is 0.415. The number of hydrogen-bond donors (Lipinski definition) is 1. The van der Waals surface area contributed by atoms with Crippen molar-refractivity contribution in [1.29, 1.82) is 0 Å². The molecule has 76 valence electrons. The molecule has 0 radical (unpaired) electrons. The molecule has 1 aromatic carbocycles. The van der Waals surface area contributed by atoms with Gasteiger partial charge in [0.15, 0.2) is 0 Å². The highest BCUT2D eigenvalue weighted by atomic mass is 35.5. The van der Waals surface area contributed by atoms with Gasteiger partial charge in [-0.2, -0.15) is 0 Å². The van der Waals surface area contributed by atoms with E-state index in [0.717, 1.165) is 5.56 Å². The molecule has 2 nitrogen and oxygen atoms in total. The Morgan fingerprint density at radius 1 is 1.43 bits per heavy atom. The normalized spacial score (nSPS) is 26.7. The fourth-order valence-corrected chi connectivity index (χ4v) is 1.93. The molecule has 0 aromatic heterocycles. The van der Waals surface area contributed by atoms with Crippen molar-refractivity contribution >= 4 is 11.6 Å². The Morgan fingerprint density at radius 3 is 2.86 bits per heavy atom. The minimum Gasteiger partial charge on any atom is -0.387 e. The van der Waals surface area contributed by atoms with E-state index in [2.05, 4.69) is 0 Å². The smallest absolute Gasteiger partial charge is 0.0942 e. The molecule has 3 heteroatoms. The molecule has 1 aromatic rings. The SMILES string of the molecule is OC1(Cc2ccccc2Cl)CCOC1. The predicted octanol–water partition coefficient (Wildman–Crippen LogP) is 2.03. The summed E-state index contributed by atoms with van der Waals surface area (Å²) in [6, 6.07) is 7.61. The largest absolute Gasteiger partial charge is 0.387 e. The number of hydrogen-bond acceptors (Lipinski definition) is 2. The van der Waals surface area contributed by atoms with Crippen LogP contribution in [-0.2, 0) is 11.2 Å². The van der Waals surface area contributed by atoms with Gasteiger partial charge in [0.1, 0.15) is 0 Å². The van der Waals surface area contributed by atoms with E-state index in [1.807, 2.05) is 24.3 Å². The van der Waals surface area contributed by atoms with Crippen LogP contribution in [0.2, 0.25) is 5.02 Å². The third-order valence-corrected chi connectivity index (χ3v) is 2.93. The van der Waals surface area contributed by atoms with Gasteiger partial charge in [-0.05, 0) is 11.6 Å². The molecule has 1 aliphatic rings. The molecule has 1 atom stereocenters. The van der Waals surface area contributed by atoms with Crippen LogP contribution in [0.1, 0.15) is 12.0 Å². The Kier molecular flexibility index (Phi) is 2.77. The van der Waals surface area contributed by atoms with Gasteiger partial charge in [-0.25, -0.2) is 0 Å². The van der Waals surface area contributed by atoms with E-state index in [4.69, 9.17) is 16.3 Å². The third-order valence-electron chi connectivity index (χ3n) is 2.56. The van der Waals surface area contributed by atoms with Gasteiger partial charge in [-0.3, -0.25) is 0 Å². The first-order valence-corrected chi connectivity index (χ1v) is 5.11. The zero-order valence-electron chi connectivity index (χ0n) is 7.87. The Hall–Kier alpha value is -0.570. The summed E-state index contributed by atoms with van der Waals surface area (Å²) in [7, 11) is 0. The van der Waals surface area contributed by atoms with Crippen LogP contribution in [0, 0.1) is 0 Å². The molecular weight excluding hydrogens is 200 g/mol. The molecule has 14 heavy (non-hydrogen) atoms. The second-order valence-corrected chi connectivity index (χ2v) is 4.20. The van der Waals surface area contributed by atoms with E-state index in [1.54, 1.807) is 0 Å². The summed E-state index contributed by atoms with van der Waals surface area (Å²) in [5.41, 5.74) is 0.271. The molecule has 0 bridgehead atoms. The summed E-state index contributed by atoms with van der Waals surface area (Å²) in [5, 5.41) is 10.8. The van der Waals surface area contributed by atoms with E-state index < -0.39 is 5.60 Å². The summed E-state index contributed by atoms with van der Waals surface area (Å²) >= 11 is 6.01. The molecule has 0 spiro atoms. The molecule has 0 aliphatic carbocycles. The highest BCUT2D eigenvalue weighted by molar-refractivity contribution is 6.31. The van der Waals surface area contributed by atoms with Crippen molar-refractivity contribution in [3.63, 3.8) is 0 Å². The van der Waals surface area contributed by atoms with E-state index in [1.165, 1.54) is 0 Å². The predicted molar refractivity (Wildman–Crippen MR) is 55.5 cm³/mol. The van der Waals surface area contributed by atoms with Crippen LogP contribution in [0.5, 0.6) is 0 Å². The van der Waals surface area contributed by atoms with Gasteiger partial charge >= 0.3 is 0 Å². The average Bonchev–Trinajstić information content (AvgIpc) is 2.57. The van der Waals surface area contributed by atoms with E-state index >= 15 is 0 Å². The van der Waals surface area contributed by atoms with Crippen LogP contribution < -0.4 is 0 Å². The number of rotatable bonds is 2. The Bertz CT molecular complexity index is 319. The molecule has 0 saturated carbocycles. The minimum atomic E-state index is -0.717. The summed E-state index contributed by atoms with van der Waals surface area (Å²) in [6.07, 6.45) is 1.27. The van der Waals surface area contributed by atoms with Crippen LogP contribution in [0.15, 0.2) is 24.3 Å². The lowest BCUT2D eigenvalue weighted by Crippen LogP contribution is -2.31. The zero-order valence-corrected chi connectivity index (χ0v) is 8.63. The van der Waals surface area contributed by atoms with Crippen molar-refractivity contribution < 1.29 is 9.84 Å². The molecule has 1 saturated heterocycles. The fourth-order valence-electron chi connectivity index (χ4n) is 1.73. The topological polar surface area (TPSA) is 29.5 Å². The molecule has 1 unspecified atom stereocenters. The van der Waals surface area contributed by atoms with Crippen LogP contribution in [0.3, 0.4) is 0 Å². The van der Waals surface area contributed by atoms with Crippen LogP contribution in [0.4, 0.5) is 0 Å². The average molecular weight is 213 g/mol. The molecule has 1 heterocycles. The zero-order chi connectivity index (χ0) is 10.0. The van der Waals surface area contributed by atoms with Crippen LogP contribution in [0.25, 0.3) is 0 Å². The van der Waals surface area contributed by atoms with E-state index in [-0.39, 0.29) is 0 Å². The molecule has 0 amide bonds. The summed E-state index contributed by atoms with van der Waals surface area (Å²) < 4.78 is 5.18. The monoisotopic (exact) mass is 212 g/mol. The molecule has 1 fully saturated rings.